The van der Waals surface area contributed by atoms with Gasteiger partial charge in [-0.2, -0.15) is 0 Å². The first kappa shape index (κ1) is 9.95. The highest BCUT2D eigenvalue weighted by molar-refractivity contribution is 5.66. The van der Waals surface area contributed by atoms with Gasteiger partial charge in [-0.25, -0.2) is 0 Å². The third kappa shape index (κ3) is 1.40. The number of ether oxygens (including phenoxy) is 1. The van der Waals surface area contributed by atoms with Gasteiger partial charge in [-0.15, -0.1) is 0 Å². The zero-order chi connectivity index (χ0) is 11.9. The first-order valence-electron chi connectivity index (χ1n) is 6.43. The van der Waals surface area contributed by atoms with Crippen molar-refractivity contribution in [1.82, 2.24) is 0 Å². The van der Waals surface area contributed by atoms with Gasteiger partial charge in [-0.3, -0.25) is 0 Å². The van der Waals surface area contributed by atoms with Crippen LogP contribution in [0.2, 0.25) is 0 Å². The van der Waals surface area contributed by atoms with Crippen molar-refractivity contribution in [2.24, 2.45) is 0 Å². The third-order valence-corrected chi connectivity index (χ3v) is 3.93. The lowest BCUT2D eigenvalue weighted by molar-refractivity contribution is 0.150. The smallest absolute Gasteiger partial charge is 0.127 e. The van der Waals surface area contributed by atoms with Gasteiger partial charge in [0.25, 0.3) is 0 Å². The standard InChI is InChI=1S/C17H14O/c1-2-6-12(7-3-1)15-11-14-10-13-8-4-5-9-16(13)18-17(14)15/h1-10,15,17H,11H2/t15-,17-/m0/s1. The van der Waals surface area contributed by atoms with E-state index in [4.69, 9.17) is 4.74 Å². The van der Waals surface area contributed by atoms with Crippen LogP contribution in [-0.4, -0.2) is 6.10 Å². The fourth-order valence-corrected chi connectivity index (χ4v) is 2.91. The molecule has 2 aliphatic rings. The minimum Gasteiger partial charge on any atom is -0.485 e. The van der Waals surface area contributed by atoms with Crippen LogP contribution in [0.5, 0.6) is 5.75 Å². The summed E-state index contributed by atoms with van der Waals surface area (Å²) in [5, 5.41) is 0. The molecule has 0 saturated heterocycles. The molecule has 0 aromatic heterocycles. The zero-order valence-electron chi connectivity index (χ0n) is 10.0. The number of hydrogen-bond acceptors (Lipinski definition) is 1. The molecule has 1 fully saturated rings. The van der Waals surface area contributed by atoms with Gasteiger partial charge in [0.05, 0.1) is 0 Å². The lowest BCUT2D eigenvalue weighted by Crippen LogP contribution is -2.39. The Morgan fingerprint density at radius 1 is 0.889 bits per heavy atom. The molecule has 4 rings (SSSR count). The molecule has 2 atom stereocenters. The third-order valence-electron chi connectivity index (χ3n) is 3.93. The molecule has 0 radical (unpaired) electrons. The monoisotopic (exact) mass is 234 g/mol. The van der Waals surface area contributed by atoms with Crippen molar-refractivity contribution >= 4 is 6.08 Å². The molecule has 0 unspecified atom stereocenters. The molecule has 2 aromatic rings. The van der Waals surface area contributed by atoms with Crippen molar-refractivity contribution in [2.45, 2.75) is 18.4 Å². The fourth-order valence-electron chi connectivity index (χ4n) is 2.91. The predicted molar refractivity (Wildman–Crippen MR) is 72.6 cm³/mol. The summed E-state index contributed by atoms with van der Waals surface area (Å²) in [6, 6.07) is 19.0. The van der Waals surface area contributed by atoms with Crippen LogP contribution in [0.3, 0.4) is 0 Å². The van der Waals surface area contributed by atoms with Gasteiger partial charge < -0.3 is 4.74 Å². The molecule has 0 amide bonds. The van der Waals surface area contributed by atoms with E-state index in [1.165, 1.54) is 16.7 Å². The molecule has 88 valence electrons. The average Bonchev–Trinajstić information content (AvgIpc) is 2.42. The van der Waals surface area contributed by atoms with E-state index < -0.39 is 0 Å². The summed E-state index contributed by atoms with van der Waals surface area (Å²) in [7, 11) is 0. The van der Waals surface area contributed by atoms with Crippen molar-refractivity contribution in [2.75, 3.05) is 0 Å². The lowest BCUT2D eigenvalue weighted by atomic mass is 9.71. The summed E-state index contributed by atoms with van der Waals surface area (Å²) in [6.07, 6.45) is 3.67. The normalized spacial score (nSPS) is 24.1. The molecular formula is C17H14O. The lowest BCUT2D eigenvalue weighted by Gasteiger charge is -2.42. The van der Waals surface area contributed by atoms with Gasteiger partial charge >= 0.3 is 0 Å². The first-order chi connectivity index (χ1) is 8.92. The average molecular weight is 234 g/mol. The van der Waals surface area contributed by atoms with E-state index in [2.05, 4.69) is 54.6 Å². The molecule has 0 N–H and O–H groups in total. The number of rotatable bonds is 1. The molecule has 0 bridgehead atoms. The van der Waals surface area contributed by atoms with Crippen molar-refractivity contribution in [3.8, 4) is 5.75 Å². The van der Waals surface area contributed by atoms with Gasteiger partial charge in [0.1, 0.15) is 11.9 Å². The predicted octanol–water partition coefficient (Wildman–Crippen LogP) is 4.02. The number of hydrogen-bond donors (Lipinski definition) is 0. The number of benzene rings is 2. The van der Waals surface area contributed by atoms with Crippen molar-refractivity contribution in [3.63, 3.8) is 0 Å². The Bertz CT molecular complexity index is 613. The van der Waals surface area contributed by atoms with E-state index in [1.54, 1.807) is 0 Å². The highest BCUT2D eigenvalue weighted by Crippen LogP contribution is 2.48. The van der Waals surface area contributed by atoms with E-state index >= 15 is 0 Å². The quantitative estimate of drug-likeness (QED) is 0.724. The summed E-state index contributed by atoms with van der Waals surface area (Å²) < 4.78 is 6.13. The van der Waals surface area contributed by atoms with Crippen LogP contribution in [0.25, 0.3) is 6.08 Å². The van der Waals surface area contributed by atoms with Gasteiger partial charge in [0, 0.05) is 11.5 Å². The Balaban J connectivity index is 1.67. The Hall–Kier alpha value is -2.02. The summed E-state index contributed by atoms with van der Waals surface area (Å²) in [6.45, 7) is 0. The van der Waals surface area contributed by atoms with E-state index in [0.29, 0.717) is 5.92 Å². The van der Waals surface area contributed by atoms with Gasteiger partial charge in [0.2, 0.25) is 0 Å². The Morgan fingerprint density at radius 2 is 1.67 bits per heavy atom. The summed E-state index contributed by atoms with van der Waals surface area (Å²) in [5.74, 6) is 1.54. The van der Waals surface area contributed by atoms with Crippen LogP contribution in [0.1, 0.15) is 23.5 Å². The van der Waals surface area contributed by atoms with Crippen molar-refractivity contribution in [1.29, 1.82) is 0 Å². The molecular weight excluding hydrogens is 220 g/mol. The summed E-state index contributed by atoms with van der Waals surface area (Å²) in [4.78, 5) is 0. The Labute approximate surface area is 107 Å². The number of fused-ring (bicyclic) bond motifs is 2. The molecule has 1 heteroatoms. The van der Waals surface area contributed by atoms with Crippen LogP contribution in [-0.2, 0) is 0 Å². The second-order valence-electron chi connectivity index (χ2n) is 5.02. The van der Waals surface area contributed by atoms with Crippen LogP contribution in [0, 0.1) is 0 Å². The molecule has 18 heavy (non-hydrogen) atoms. The second kappa shape index (κ2) is 3.74. The Kier molecular flexibility index (Phi) is 2.07. The molecule has 1 nitrogen and oxygen atoms in total. The Morgan fingerprint density at radius 3 is 2.56 bits per heavy atom. The van der Waals surface area contributed by atoms with Crippen molar-refractivity contribution < 1.29 is 4.74 Å². The second-order valence-corrected chi connectivity index (χ2v) is 5.02. The minimum absolute atomic E-state index is 0.252. The van der Waals surface area contributed by atoms with Crippen LogP contribution in [0.15, 0.2) is 60.2 Å². The highest BCUT2D eigenvalue weighted by atomic mass is 16.5. The molecule has 1 saturated carbocycles. The SMILES string of the molecule is C1=C2C[C@@H](c3ccccc3)[C@H]2Oc2ccccc21. The first-order valence-corrected chi connectivity index (χ1v) is 6.43. The van der Waals surface area contributed by atoms with E-state index in [0.717, 1.165) is 12.2 Å². The summed E-state index contributed by atoms with van der Waals surface area (Å²) >= 11 is 0. The topological polar surface area (TPSA) is 9.23 Å². The van der Waals surface area contributed by atoms with Gasteiger partial charge in [-0.05, 0) is 29.7 Å². The van der Waals surface area contributed by atoms with Crippen LogP contribution < -0.4 is 4.74 Å². The maximum Gasteiger partial charge on any atom is 0.127 e. The fraction of sp³-hybridized carbons (Fsp3) is 0.176. The number of para-hydroxylation sites is 1. The van der Waals surface area contributed by atoms with E-state index in [1.807, 2.05) is 6.07 Å². The van der Waals surface area contributed by atoms with Crippen LogP contribution in [0.4, 0.5) is 0 Å². The summed E-state index contributed by atoms with van der Waals surface area (Å²) in [5.41, 5.74) is 4.04. The van der Waals surface area contributed by atoms with E-state index in [9.17, 15) is 0 Å². The molecule has 1 aliphatic carbocycles. The van der Waals surface area contributed by atoms with E-state index in [-0.39, 0.29) is 6.10 Å². The highest BCUT2D eigenvalue weighted by Gasteiger charge is 2.40. The molecule has 2 aromatic carbocycles. The minimum atomic E-state index is 0.252. The zero-order valence-corrected chi connectivity index (χ0v) is 10.0. The molecule has 0 spiro atoms. The van der Waals surface area contributed by atoms with Gasteiger partial charge in [-0.1, -0.05) is 48.5 Å². The molecule has 1 heterocycles. The maximum atomic E-state index is 6.13. The maximum absolute atomic E-state index is 6.13. The van der Waals surface area contributed by atoms with Crippen LogP contribution >= 0.6 is 0 Å². The molecule has 1 aliphatic heterocycles. The van der Waals surface area contributed by atoms with Crippen molar-refractivity contribution in [3.05, 3.63) is 71.3 Å². The largest absolute Gasteiger partial charge is 0.485 e. The van der Waals surface area contributed by atoms with Gasteiger partial charge in [0.15, 0.2) is 0 Å².